The fourth-order valence-corrected chi connectivity index (χ4v) is 3.98. The van der Waals surface area contributed by atoms with Crippen molar-refractivity contribution >= 4 is 5.97 Å². The van der Waals surface area contributed by atoms with E-state index >= 15 is 0 Å². The van der Waals surface area contributed by atoms with Gasteiger partial charge in [-0.3, -0.25) is 9.69 Å². The van der Waals surface area contributed by atoms with Crippen molar-refractivity contribution in [1.82, 2.24) is 4.90 Å². The van der Waals surface area contributed by atoms with Crippen LogP contribution in [0.3, 0.4) is 0 Å². The van der Waals surface area contributed by atoms with E-state index in [4.69, 9.17) is 9.47 Å². The molecule has 1 heterocycles. The molecular weight excluding hydrogens is 354 g/mol. The van der Waals surface area contributed by atoms with Crippen molar-refractivity contribution in [1.29, 1.82) is 0 Å². The minimum atomic E-state index is -0.755. The van der Waals surface area contributed by atoms with Gasteiger partial charge in [0.2, 0.25) is 0 Å². The van der Waals surface area contributed by atoms with Crippen LogP contribution in [0.25, 0.3) is 0 Å². The van der Waals surface area contributed by atoms with E-state index in [1.165, 1.54) is 5.56 Å². The summed E-state index contributed by atoms with van der Waals surface area (Å²) in [6.45, 7) is 5.31. The summed E-state index contributed by atoms with van der Waals surface area (Å²) >= 11 is 0. The van der Waals surface area contributed by atoms with Crippen molar-refractivity contribution in [2.75, 3.05) is 20.3 Å². The van der Waals surface area contributed by atoms with E-state index < -0.39 is 12.0 Å². The number of piperidine rings is 1. The lowest BCUT2D eigenvalue weighted by Gasteiger charge is -2.39. The Morgan fingerprint density at radius 3 is 2.50 bits per heavy atom. The zero-order chi connectivity index (χ0) is 20.1. The molecule has 3 rings (SSSR count). The highest BCUT2D eigenvalue weighted by Gasteiger charge is 2.35. The predicted molar refractivity (Wildman–Crippen MR) is 109 cm³/mol. The number of ether oxygens (including phenoxy) is 2. The zero-order valence-corrected chi connectivity index (χ0v) is 16.9. The number of hydrogen-bond acceptors (Lipinski definition) is 4. The molecule has 150 valence electrons. The number of aryl methyl sites for hydroxylation is 1. The third-order valence-corrected chi connectivity index (χ3v) is 5.36. The monoisotopic (exact) mass is 383 g/mol. The lowest BCUT2D eigenvalue weighted by Crippen LogP contribution is -2.46. The summed E-state index contributed by atoms with van der Waals surface area (Å²) < 4.78 is 11.2. The van der Waals surface area contributed by atoms with E-state index in [2.05, 4.69) is 36.1 Å². The van der Waals surface area contributed by atoms with Crippen molar-refractivity contribution in [3.8, 4) is 11.5 Å². The predicted octanol–water partition coefficient (Wildman–Crippen LogP) is 4.43. The maximum Gasteiger partial charge on any atom is 0.320 e. The minimum absolute atomic E-state index is 0.147. The lowest BCUT2D eigenvalue weighted by molar-refractivity contribution is -0.145. The van der Waals surface area contributed by atoms with Gasteiger partial charge in [0.15, 0.2) is 11.5 Å². The number of carbonyl (C=O) groups is 1. The standard InChI is InChI=1S/C23H29NO4/c1-4-28-20-13-12-18(15-21(20)27-3)22(17-10-8-16(2)9-11-17)24-14-6-5-7-19(24)23(25)26/h8-13,15,19,22H,4-7,14H2,1-3H3,(H,25,26). The second-order valence-electron chi connectivity index (χ2n) is 7.24. The Bertz CT molecular complexity index is 803. The Kier molecular flexibility index (Phi) is 6.57. The average Bonchev–Trinajstić information content (AvgIpc) is 2.71. The zero-order valence-electron chi connectivity index (χ0n) is 16.9. The number of carboxylic acid groups (broad SMARTS) is 1. The highest BCUT2D eigenvalue weighted by Crippen LogP contribution is 2.38. The Morgan fingerprint density at radius 1 is 1.14 bits per heavy atom. The van der Waals surface area contributed by atoms with Gasteiger partial charge in [-0.1, -0.05) is 42.3 Å². The molecule has 1 saturated heterocycles. The van der Waals surface area contributed by atoms with Crippen LogP contribution in [0.4, 0.5) is 0 Å². The van der Waals surface area contributed by atoms with Gasteiger partial charge in [0.1, 0.15) is 6.04 Å². The van der Waals surface area contributed by atoms with E-state index in [9.17, 15) is 9.90 Å². The number of rotatable bonds is 7. The van der Waals surface area contributed by atoms with Gasteiger partial charge >= 0.3 is 5.97 Å². The first-order chi connectivity index (χ1) is 13.5. The molecule has 5 heteroatoms. The summed E-state index contributed by atoms with van der Waals surface area (Å²) in [6, 6.07) is 13.6. The molecule has 5 nitrogen and oxygen atoms in total. The minimum Gasteiger partial charge on any atom is -0.493 e. The number of nitrogens with zero attached hydrogens (tertiary/aromatic N) is 1. The molecule has 1 N–H and O–H groups in total. The van der Waals surface area contributed by atoms with Gasteiger partial charge in [-0.25, -0.2) is 0 Å². The first kappa shape index (κ1) is 20.2. The van der Waals surface area contributed by atoms with Crippen LogP contribution in [0.2, 0.25) is 0 Å². The second-order valence-corrected chi connectivity index (χ2v) is 7.24. The first-order valence-electron chi connectivity index (χ1n) is 9.91. The molecule has 2 atom stereocenters. The van der Waals surface area contributed by atoms with Crippen molar-refractivity contribution in [3.05, 3.63) is 59.2 Å². The Balaban J connectivity index is 2.08. The molecule has 1 aliphatic heterocycles. The summed E-state index contributed by atoms with van der Waals surface area (Å²) in [5, 5.41) is 9.82. The van der Waals surface area contributed by atoms with Gasteiger partial charge < -0.3 is 14.6 Å². The van der Waals surface area contributed by atoms with Crippen molar-refractivity contribution in [3.63, 3.8) is 0 Å². The molecule has 0 bridgehead atoms. The second kappa shape index (κ2) is 9.11. The number of carboxylic acids is 1. The molecule has 0 saturated carbocycles. The van der Waals surface area contributed by atoms with E-state index in [0.29, 0.717) is 24.5 Å². The molecule has 0 amide bonds. The highest BCUT2D eigenvalue weighted by atomic mass is 16.5. The maximum absolute atomic E-state index is 12.0. The fraction of sp³-hybridized carbons (Fsp3) is 0.435. The largest absolute Gasteiger partial charge is 0.493 e. The first-order valence-corrected chi connectivity index (χ1v) is 9.91. The normalized spacial score (nSPS) is 18.5. The smallest absolute Gasteiger partial charge is 0.320 e. The van der Waals surface area contributed by atoms with Gasteiger partial charge in [-0.2, -0.15) is 0 Å². The Morgan fingerprint density at radius 2 is 1.86 bits per heavy atom. The van der Waals surface area contributed by atoms with E-state index in [0.717, 1.165) is 30.5 Å². The summed E-state index contributed by atoms with van der Waals surface area (Å²) in [5.74, 6) is 0.611. The van der Waals surface area contributed by atoms with Crippen LogP contribution in [0.1, 0.15) is 48.9 Å². The molecule has 0 radical (unpaired) electrons. The van der Waals surface area contributed by atoms with Crippen LogP contribution in [0, 0.1) is 6.92 Å². The summed E-state index contributed by atoms with van der Waals surface area (Å²) in [5.41, 5.74) is 3.28. The third kappa shape index (κ3) is 4.30. The van der Waals surface area contributed by atoms with Crippen molar-refractivity contribution in [2.24, 2.45) is 0 Å². The molecule has 2 aromatic carbocycles. The van der Waals surface area contributed by atoms with Crippen LogP contribution in [0.15, 0.2) is 42.5 Å². The third-order valence-electron chi connectivity index (χ3n) is 5.36. The van der Waals surface area contributed by atoms with Gasteiger partial charge in [-0.05, 0) is 56.5 Å². The molecule has 2 unspecified atom stereocenters. The van der Waals surface area contributed by atoms with E-state index in [1.807, 2.05) is 25.1 Å². The summed E-state index contributed by atoms with van der Waals surface area (Å²) in [6.07, 6.45) is 2.62. The van der Waals surface area contributed by atoms with Crippen LogP contribution >= 0.6 is 0 Å². The number of benzene rings is 2. The van der Waals surface area contributed by atoms with Crippen LogP contribution in [-0.2, 0) is 4.79 Å². The SMILES string of the molecule is CCOc1ccc(C(c2ccc(C)cc2)N2CCCCC2C(=O)O)cc1OC. The van der Waals surface area contributed by atoms with Gasteiger partial charge in [0.05, 0.1) is 19.8 Å². The van der Waals surface area contributed by atoms with Crippen molar-refractivity contribution in [2.45, 2.75) is 45.2 Å². The molecule has 1 fully saturated rings. The van der Waals surface area contributed by atoms with Crippen LogP contribution < -0.4 is 9.47 Å². The molecule has 2 aromatic rings. The van der Waals surface area contributed by atoms with E-state index in [-0.39, 0.29) is 6.04 Å². The highest BCUT2D eigenvalue weighted by molar-refractivity contribution is 5.73. The molecule has 28 heavy (non-hydrogen) atoms. The fourth-order valence-electron chi connectivity index (χ4n) is 3.98. The Labute approximate surface area is 166 Å². The van der Waals surface area contributed by atoms with Gasteiger partial charge in [-0.15, -0.1) is 0 Å². The maximum atomic E-state index is 12.0. The topological polar surface area (TPSA) is 59.0 Å². The molecule has 0 aromatic heterocycles. The quantitative estimate of drug-likeness (QED) is 0.766. The van der Waals surface area contributed by atoms with Gasteiger partial charge in [0, 0.05) is 0 Å². The van der Waals surface area contributed by atoms with Crippen LogP contribution in [-0.4, -0.2) is 42.3 Å². The molecule has 0 spiro atoms. The lowest BCUT2D eigenvalue weighted by atomic mass is 9.91. The Hall–Kier alpha value is -2.53. The number of aliphatic carboxylic acids is 1. The average molecular weight is 383 g/mol. The number of hydrogen-bond donors (Lipinski definition) is 1. The van der Waals surface area contributed by atoms with Gasteiger partial charge in [0.25, 0.3) is 0 Å². The number of methoxy groups -OCH3 is 1. The molecule has 1 aliphatic rings. The summed E-state index contributed by atoms with van der Waals surface area (Å²) in [7, 11) is 1.63. The van der Waals surface area contributed by atoms with Crippen molar-refractivity contribution < 1.29 is 19.4 Å². The summed E-state index contributed by atoms with van der Waals surface area (Å²) in [4.78, 5) is 14.1. The number of likely N-dealkylation sites (tertiary alicyclic amines) is 1. The molecule has 0 aliphatic carbocycles. The van der Waals surface area contributed by atoms with E-state index in [1.54, 1.807) is 7.11 Å². The molecular formula is C23H29NO4. The van der Waals surface area contributed by atoms with Crippen LogP contribution in [0.5, 0.6) is 11.5 Å².